The molecule has 2 saturated carbocycles. The van der Waals surface area contributed by atoms with Gasteiger partial charge in [0.15, 0.2) is 0 Å². The van der Waals surface area contributed by atoms with E-state index in [9.17, 15) is 9.90 Å². The van der Waals surface area contributed by atoms with Gasteiger partial charge in [0.2, 0.25) is 0 Å². The van der Waals surface area contributed by atoms with E-state index in [0.29, 0.717) is 18.3 Å². The topological polar surface area (TPSA) is 53.0 Å². The summed E-state index contributed by atoms with van der Waals surface area (Å²) >= 11 is 0. The van der Waals surface area contributed by atoms with E-state index in [4.69, 9.17) is 4.74 Å². The Balaban J connectivity index is 1.39. The summed E-state index contributed by atoms with van der Waals surface area (Å²) in [6, 6.07) is 0.843. The lowest BCUT2D eigenvalue weighted by molar-refractivity contribution is -0.159. The van der Waals surface area contributed by atoms with Crippen molar-refractivity contribution in [3.63, 3.8) is 0 Å². The fraction of sp³-hybridized carbons (Fsp3) is 0.885. The van der Waals surface area contributed by atoms with Crippen LogP contribution in [0, 0.1) is 23.7 Å². The molecule has 0 bridgehead atoms. The van der Waals surface area contributed by atoms with Crippen molar-refractivity contribution in [2.24, 2.45) is 23.7 Å². The fourth-order valence-corrected chi connectivity index (χ4v) is 7.12. The summed E-state index contributed by atoms with van der Waals surface area (Å²) in [5, 5.41) is 11.8. The first-order valence-electron chi connectivity index (χ1n) is 12.8. The Morgan fingerprint density at radius 3 is 2.52 bits per heavy atom. The van der Waals surface area contributed by atoms with Gasteiger partial charge in [-0.1, -0.05) is 32.8 Å². The molecule has 4 rings (SSSR count). The summed E-state index contributed by atoms with van der Waals surface area (Å²) in [6.45, 7) is 14.0. The number of piperazine rings is 1. The Morgan fingerprint density at radius 1 is 1.19 bits per heavy atom. The minimum atomic E-state index is -0.766. The lowest BCUT2D eigenvalue weighted by Crippen LogP contribution is -2.57. The van der Waals surface area contributed by atoms with E-state index in [1.165, 1.54) is 65.2 Å². The third-order valence-corrected chi connectivity index (χ3v) is 9.12. The molecule has 1 aliphatic heterocycles. The number of rotatable bonds is 5. The number of hydrogen-bond acceptors (Lipinski definition) is 5. The van der Waals surface area contributed by atoms with E-state index in [2.05, 4.69) is 36.6 Å². The molecule has 176 valence electrons. The molecule has 1 saturated heterocycles. The zero-order chi connectivity index (χ0) is 22.2. The summed E-state index contributed by atoms with van der Waals surface area (Å²) in [4.78, 5) is 17.0. The van der Waals surface area contributed by atoms with Gasteiger partial charge >= 0.3 is 5.97 Å². The number of carbonyl (C=O) groups excluding carboxylic acids is 1. The van der Waals surface area contributed by atoms with Crippen molar-refractivity contribution in [1.82, 2.24) is 9.80 Å². The van der Waals surface area contributed by atoms with Gasteiger partial charge in [-0.3, -0.25) is 9.69 Å². The highest BCUT2D eigenvalue weighted by Crippen LogP contribution is 2.51. The third kappa shape index (κ3) is 4.89. The Morgan fingerprint density at radius 2 is 1.87 bits per heavy atom. The zero-order valence-corrected chi connectivity index (χ0v) is 20.2. The minimum Gasteiger partial charge on any atom is -0.458 e. The maximum atomic E-state index is 11.8. The molecule has 3 fully saturated rings. The Labute approximate surface area is 189 Å². The van der Waals surface area contributed by atoms with Crippen LogP contribution in [0.4, 0.5) is 0 Å². The molecular formula is C26H44N2O3. The van der Waals surface area contributed by atoms with E-state index >= 15 is 0 Å². The summed E-state index contributed by atoms with van der Waals surface area (Å²) in [7, 11) is 0. The molecular weight excluding hydrogens is 388 g/mol. The molecule has 1 heterocycles. The quantitative estimate of drug-likeness (QED) is 0.528. The Bertz CT molecular complexity index is 666. The van der Waals surface area contributed by atoms with Crippen LogP contribution in [0.5, 0.6) is 0 Å². The Hall–Kier alpha value is -0.910. The summed E-state index contributed by atoms with van der Waals surface area (Å²) in [5.74, 6) is 1.18. The largest absolute Gasteiger partial charge is 0.458 e. The van der Waals surface area contributed by atoms with Crippen molar-refractivity contribution in [1.29, 1.82) is 0 Å². The first kappa shape index (κ1) is 23.3. The van der Waals surface area contributed by atoms with Crippen LogP contribution in [0.1, 0.15) is 72.6 Å². The van der Waals surface area contributed by atoms with Crippen LogP contribution in [0.25, 0.3) is 0 Å². The SMILES string of the molecule is CC(=O)O[C@@H]1C[C@@]2(O)[C@H](C)CC[C@@H](C(C)CN3CCN(C4CCCC4)CC3)[C@H]2C=C1C. The number of nitrogens with zero attached hydrogens (tertiary/aromatic N) is 2. The number of fused-ring (bicyclic) bond motifs is 1. The predicted octanol–water partition coefficient (Wildman–Crippen LogP) is 3.86. The molecule has 3 aliphatic carbocycles. The van der Waals surface area contributed by atoms with Crippen LogP contribution < -0.4 is 0 Å². The van der Waals surface area contributed by atoms with Gasteiger partial charge in [0.05, 0.1) is 5.60 Å². The fourth-order valence-electron chi connectivity index (χ4n) is 7.12. The van der Waals surface area contributed by atoms with Crippen LogP contribution in [0.2, 0.25) is 0 Å². The molecule has 1 N–H and O–H groups in total. The van der Waals surface area contributed by atoms with Crippen molar-refractivity contribution in [3.8, 4) is 0 Å². The Kier molecular flexibility index (Phi) is 7.15. The van der Waals surface area contributed by atoms with E-state index in [1.54, 1.807) is 0 Å². The van der Waals surface area contributed by atoms with Crippen LogP contribution in [0.3, 0.4) is 0 Å². The van der Waals surface area contributed by atoms with Crippen LogP contribution in [0.15, 0.2) is 11.6 Å². The lowest BCUT2D eigenvalue weighted by atomic mass is 9.57. The van der Waals surface area contributed by atoms with Gasteiger partial charge in [0.1, 0.15) is 6.10 Å². The molecule has 6 atom stereocenters. The van der Waals surface area contributed by atoms with Crippen molar-refractivity contribution in [2.75, 3.05) is 32.7 Å². The van der Waals surface area contributed by atoms with Crippen LogP contribution in [-0.2, 0) is 9.53 Å². The third-order valence-electron chi connectivity index (χ3n) is 9.12. The number of carbonyl (C=O) groups is 1. The highest BCUT2D eigenvalue weighted by atomic mass is 16.5. The summed E-state index contributed by atoms with van der Waals surface area (Å²) in [5.41, 5.74) is 0.346. The van der Waals surface area contributed by atoms with E-state index in [-0.39, 0.29) is 23.9 Å². The molecule has 0 aromatic rings. The molecule has 0 aromatic heterocycles. The average molecular weight is 433 g/mol. The smallest absolute Gasteiger partial charge is 0.303 e. The van der Waals surface area contributed by atoms with E-state index in [1.807, 2.05) is 0 Å². The average Bonchev–Trinajstić information content (AvgIpc) is 3.25. The molecule has 0 radical (unpaired) electrons. The van der Waals surface area contributed by atoms with Crippen molar-refractivity contribution in [2.45, 2.75) is 90.4 Å². The minimum absolute atomic E-state index is 0.165. The predicted molar refractivity (Wildman–Crippen MR) is 124 cm³/mol. The molecule has 0 spiro atoms. The normalized spacial score (nSPS) is 39.1. The maximum Gasteiger partial charge on any atom is 0.303 e. The van der Waals surface area contributed by atoms with E-state index in [0.717, 1.165) is 24.6 Å². The van der Waals surface area contributed by atoms with Gasteiger partial charge in [0.25, 0.3) is 0 Å². The molecule has 5 nitrogen and oxygen atoms in total. The molecule has 0 aromatic carbocycles. The zero-order valence-electron chi connectivity index (χ0n) is 20.2. The second kappa shape index (κ2) is 9.52. The van der Waals surface area contributed by atoms with Gasteiger partial charge < -0.3 is 14.7 Å². The van der Waals surface area contributed by atoms with Gasteiger partial charge in [-0.2, -0.15) is 0 Å². The monoisotopic (exact) mass is 432 g/mol. The van der Waals surface area contributed by atoms with Crippen molar-refractivity contribution in [3.05, 3.63) is 11.6 Å². The summed E-state index contributed by atoms with van der Waals surface area (Å²) in [6.07, 6.45) is 10.4. The highest BCUT2D eigenvalue weighted by Gasteiger charge is 2.52. The van der Waals surface area contributed by atoms with Crippen molar-refractivity contribution >= 4 is 5.97 Å². The standard InChI is InChI=1S/C26H44N2O3/c1-18-15-24-23(10-9-20(3)26(24,30)16-25(18)31-21(4)29)19(2)17-27-11-13-28(14-12-27)22-7-5-6-8-22/h15,19-20,22-25,30H,5-14,16-17H2,1-4H3/t19?,20-,23+,24-,25-,26-/m1/s1. The van der Waals surface area contributed by atoms with Gasteiger partial charge in [-0.15, -0.1) is 0 Å². The van der Waals surface area contributed by atoms with Crippen LogP contribution in [-0.4, -0.2) is 71.3 Å². The number of aliphatic hydroxyl groups is 1. The first-order valence-corrected chi connectivity index (χ1v) is 12.8. The molecule has 4 aliphatic rings. The first-order chi connectivity index (χ1) is 14.8. The summed E-state index contributed by atoms with van der Waals surface area (Å²) < 4.78 is 5.56. The van der Waals surface area contributed by atoms with E-state index < -0.39 is 5.60 Å². The number of hydrogen-bond donors (Lipinski definition) is 1. The lowest BCUT2D eigenvalue weighted by Gasteiger charge is -2.53. The molecule has 0 amide bonds. The van der Waals surface area contributed by atoms with Gasteiger partial charge in [0, 0.05) is 58.0 Å². The number of ether oxygens (including phenoxy) is 1. The number of esters is 1. The second-order valence-corrected chi connectivity index (χ2v) is 11.1. The van der Waals surface area contributed by atoms with Crippen molar-refractivity contribution < 1.29 is 14.6 Å². The highest BCUT2D eigenvalue weighted by molar-refractivity contribution is 5.66. The molecule has 31 heavy (non-hydrogen) atoms. The van der Waals surface area contributed by atoms with Gasteiger partial charge in [-0.05, 0) is 55.9 Å². The second-order valence-electron chi connectivity index (χ2n) is 11.1. The van der Waals surface area contributed by atoms with Crippen LogP contribution >= 0.6 is 0 Å². The molecule has 5 heteroatoms. The molecule has 1 unspecified atom stereocenters. The van der Waals surface area contributed by atoms with Gasteiger partial charge in [-0.25, -0.2) is 0 Å². The maximum absolute atomic E-state index is 11.8.